The van der Waals surface area contributed by atoms with Crippen LogP contribution < -0.4 is 4.74 Å². The second kappa shape index (κ2) is 11.4. The number of ether oxygens (including phenoxy) is 4. The van der Waals surface area contributed by atoms with E-state index in [2.05, 4.69) is 15.0 Å². The van der Waals surface area contributed by atoms with Gasteiger partial charge >= 0.3 is 0 Å². The van der Waals surface area contributed by atoms with E-state index in [9.17, 15) is 0 Å². The van der Waals surface area contributed by atoms with Crippen molar-refractivity contribution in [1.29, 1.82) is 0 Å². The van der Waals surface area contributed by atoms with E-state index >= 15 is 0 Å². The van der Waals surface area contributed by atoms with Crippen molar-refractivity contribution in [3.63, 3.8) is 0 Å². The fraction of sp³-hybridized carbons (Fsp3) is 0.471. The Hall–Kier alpha value is -2.13. The quantitative estimate of drug-likeness (QED) is 0.569. The number of aliphatic hydroxyl groups excluding tert-OH is 1. The van der Waals surface area contributed by atoms with Gasteiger partial charge in [0.25, 0.3) is 0 Å². The van der Waals surface area contributed by atoms with E-state index in [0.29, 0.717) is 57.0 Å². The van der Waals surface area contributed by atoms with Crippen LogP contribution in [-0.2, 0) is 20.8 Å². The summed E-state index contributed by atoms with van der Waals surface area (Å²) in [6.07, 6.45) is 3.24. The summed E-state index contributed by atoms with van der Waals surface area (Å²) in [5.74, 6) is 1.02. The molecule has 0 spiro atoms. The van der Waals surface area contributed by atoms with Crippen molar-refractivity contribution in [2.75, 3.05) is 46.8 Å². The molecule has 0 radical (unpaired) electrons. The lowest BCUT2D eigenvalue weighted by atomic mass is 10.2. The average molecular weight is 349 g/mol. The maximum Gasteiger partial charge on any atom is 0.213 e. The third kappa shape index (κ3) is 7.10. The van der Waals surface area contributed by atoms with Gasteiger partial charge in [0, 0.05) is 31.1 Å². The molecular weight excluding hydrogens is 326 g/mol. The smallest absolute Gasteiger partial charge is 0.213 e. The minimum Gasteiger partial charge on any atom is -0.475 e. The molecule has 2 aromatic rings. The number of pyridine rings is 1. The van der Waals surface area contributed by atoms with Crippen LogP contribution in [0.15, 0.2) is 30.6 Å². The van der Waals surface area contributed by atoms with E-state index in [1.165, 1.54) is 0 Å². The Labute approximate surface area is 146 Å². The number of nitrogens with zero attached hydrogens (tertiary/aromatic N) is 3. The van der Waals surface area contributed by atoms with Crippen LogP contribution >= 0.6 is 0 Å². The number of hydrogen-bond acceptors (Lipinski definition) is 8. The van der Waals surface area contributed by atoms with Crippen molar-refractivity contribution >= 4 is 0 Å². The Balaban J connectivity index is 1.67. The van der Waals surface area contributed by atoms with Gasteiger partial charge in [-0.25, -0.2) is 15.0 Å². The van der Waals surface area contributed by atoms with Gasteiger partial charge in [0.1, 0.15) is 6.61 Å². The lowest BCUT2D eigenvalue weighted by Crippen LogP contribution is -2.12. The van der Waals surface area contributed by atoms with Crippen molar-refractivity contribution < 1.29 is 24.1 Å². The third-order valence-electron chi connectivity index (χ3n) is 3.15. The molecule has 0 amide bonds. The van der Waals surface area contributed by atoms with Gasteiger partial charge in [0.15, 0.2) is 5.82 Å². The number of aliphatic hydroxyl groups is 1. The van der Waals surface area contributed by atoms with Gasteiger partial charge in [-0.15, -0.1) is 0 Å². The number of rotatable bonds is 12. The molecule has 8 heteroatoms. The lowest BCUT2D eigenvalue weighted by molar-refractivity contribution is 0.0176. The third-order valence-corrected chi connectivity index (χ3v) is 3.15. The topological polar surface area (TPSA) is 95.8 Å². The lowest BCUT2D eigenvalue weighted by Gasteiger charge is -2.07. The highest BCUT2D eigenvalue weighted by atomic mass is 16.6. The zero-order valence-corrected chi connectivity index (χ0v) is 14.3. The second-order valence-electron chi connectivity index (χ2n) is 4.98. The average Bonchev–Trinajstić information content (AvgIpc) is 2.67. The molecule has 2 aromatic heterocycles. The first-order valence-corrected chi connectivity index (χ1v) is 8.00. The highest BCUT2D eigenvalue weighted by Gasteiger charge is 2.04. The van der Waals surface area contributed by atoms with Crippen LogP contribution in [0.4, 0.5) is 0 Å². The van der Waals surface area contributed by atoms with Crippen LogP contribution in [0.3, 0.4) is 0 Å². The van der Waals surface area contributed by atoms with E-state index in [0.717, 1.165) is 5.56 Å². The molecule has 0 fully saturated rings. The summed E-state index contributed by atoms with van der Waals surface area (Å²) < 4.78 is 21.1. The summed E-state index contributed by atoms with van der Waals surface area (Å²) in [6.45, 7) is 2.93. The zero-order chi connectivity index (χ0) is 17.7. The van der Waals surface area contributed by atoms with Crippen LogP contribution in [-0.4, -0.2) is 66.8 Å². The summed E-state index contributed by atoms with van der Waals surface area (Å²) in [4.78, 5) is 12.6. The minimum atomic E-state index is -0.123. The van der Waals surface area contributed by atoms with E-state index < -0.39 is 0 Å². The van der Waals surface area contributed by atoms with Gasteiger partial charge in [-0.2, -0.15) is 0 Å². The monoisotopic (exact) mass is 349 g/mol. The highest BCUT2D eigenvalue weighted by molar-refractivity contribution is 5.53. The molecule has 0 unspecified atom stereocenters. The molecular formula is C17H23N3O5. The standard InChI is InChI=1S/C17H23N3O5/c1-22-6-7-23-8-9-24-10-11-25-16-3-2-14(12-19-16)17-18-5-4-15(13-21)20-17/h2-5,12,21H,6-11,13H2,1H3. The van der Waals surface area contributed by atoms with E-state index in [-0.39, 0.29) is 6.61 Å². The number of hydrogen-bond donors (Lipinski definition) is 1. The Bertz CT molecular complexity index is 609. The van der Waals surface area contributed by atoms with E-state index in [4.69, 9.17) is 24.1 Å². The Kier molecular flexibility index (Phi) is 8.78. The molecule has 0 saturated heterocycles. The molecule has 0 aromatic carbocycles. The molecule has 2 rings (SSSR count). The van der Waals surface area contributed by atoms with Crippen molar-refractivity contribution in [1.82, 2.24) is 15.0 Å². The number of methoxy groups -OCH3 is 1. The summed E-state index contributed by atoms with van der Waals surface area (Å²) in [5.41, 5.74) is 1.32. The fourth-order valence-corrected chi connectivity index (χ4v) is 1.89. The van der Waals surface area contributed by atoms with Crippen LogP contribution in [0.1, 0.15) is 5.69 Å². The molecule has 0 aliphatic heterocycles. The molecule has 0 saturated carbocycles. The molecule has 8 nitrogen and oxygen atoms in total. The Morgan fingerprint density at radius 2 is 1.68 bits per heavy atom. The van der Waals surface area contributed by atoms with Crippen molar-refractivity contribution in [2.45, 2.75) is 6.61 Å². The normalized spacial score (nSPS) is 10.8. The molecule has 0 aliphatic carbocycles. The second-order valence-corrected chi connectivity index (χ2v) is 4.98. The van der Waals surface area contributed by atoms with Gasteiger partial charge in [0.05, 0.1) is 45.3 Å². The van der Waals surface area contributed by atoms with Gasteiger partial charge in [-0.1, -0.05) is 0 Å². The van der Waals surface area contributed by atoms with Crippen LogP contribution in [0.5, 0.6) is 5.88 Å². The minimum absolute atomic E-state index is 0.123. The van der Waals surface area contributed by atoms with Crippen molar-refractivity contribution in [2.24, 2.45) is 0 Å². The van der Waals surface area contributed by atoms with Crippen LogP contribution in [0.25, 0.3) is 11.4 Å². The molecule has 2 heterocycles. The maximum absolute atomic E-state index is 9.11. The molecule has 0 bridgehead atoms. The first-order valence-electron chi connectivity index (χ1n) is 8.00. The van der Waals surface area contributed by atoms with Gasteiger partial charge in [-0.05, 0) is 12.1 Å². The molecule has 0 atom stereocenters. The summed E-state index contributed by atoms with van der Waals surface area (Å²) >= 11 is 0. The van der Waals surface area contributed by atoms with Gasteiger partial charge in [-0.3, -0.25) is 0 Å². The maximum atomic E-state index is 9.11. The summed E-state index contributed by atoms with van der Waals surface area (Å²) in [5, 5.41) is 9.11. The number of aromatic nitrogens is 3. The molecule has 1 N–H and O–H groups in total. The van der Waals surface area contributed by atoms with Crippen molar-refractivity contribution in [3.8, 4) is 17.3 Å². The SMILES string of the molecule is COCCOCCOCCOc1ccc(-c2nccc(CO)n2)cn1. The Morgan fingerprint density at radius 1 is 0.920 bits per heavy atom. The summed E-state index contributed by atoms with van der Waals surface area (Å²) in [6, 6.07) is 5.23. The first kappa shape index (κ1) is 19.2. The highest BCUT2D eigenvalue weighted by Crippen LogP contribution is 2.16. The van der Waals surface area contributed by atoms with Crippen LogP contribution in [0.2, 0.25) is 0 Å². The summed E-state index contributed by atoms with van der Waals surface area (Å²) in [7, 11) is 1.64. The largest absolute Gasteiger partial charge is 0.475 e. The molecule has 0 aliphatic rings. The van der Waals surface area contributed by atoms with Crippen molar-refractivity contribution in [3.05, 3.63) is 36.3 Å². The predicted octanol–water partition coefficient (Wildman–Crippen LogP) is 1.09. The molecule has 136 valence electrons. The molecule has 25 heavy (non-hydrogen) atoms. The van der Waals surface area contributed by atoms with Gasteiger partial charge < -0.3 is 24.1 Å². The Morgan fingerprint density at radius 3 is 2.36 bits per heavy atom. The first-order chi connectivity index (χ1) is 12.3. The predicted molar refractivity (Wildman–Crippen MR) is 90.2 cm³/mol. The van der Waals surface area contributed by atoms with E-state index in [1.807, 2.05) is 6.07 Å². The van der Waals surface area contributed by atoms with Crippen LogP contribution in [0, 0.1) is 0 Å². The van der Waals surface area contributed by atoms with E-state index in [1.54, 1.807) is 31.6 Å². The zero-order valence-electron chi connectivity index (χ0n) is 14.3. The van der Waals surface area contributed by atoms with Gasteiger partial charge in [0.2, 0.25) is 5.88 Å². The fourth-order valence-electron chi connectivity index (χ4n) is 1.89.